The van der Waals surface area contributed by atoms with Gasteiger partial charge in [0.2, 0.25) is 5.91 Å². The second-order valence-corrected chi connectivity index (χ2v) is 3.45. The minimum absolute atomic E-state index is 0.0388. The molecule has 3 nitrogen and oxygen atoms in total. The summed E-state index contributed by atoms with van der Waals surface area (Å²) >= 11 is 0. The fourth-order valence-corrected chi connectivity index (χ4v) is 1.63. The van der Waals surface area contributed by atoms with Gasteiger partial charge in [0.15, 0.2) is 0 Å². The maximum Gasteiger partial charge on any atom is 0.228 e. The van der Waals surface area contributed by atoms with Crippen molar-refractivity contribution >= 4 is 11.6 Å². The van der Waals surface area contributed by atoms with Gasteiger partial charge in [0.1, 0.15) is 5.82 Å². The van der Waals surface area contributed by atoms with Gasteiger partial charge in [0, 0.05) is 24.7 Å². The molecular formula is C10H11FN2O. The van der Waals surface area contributed by atoms with Gasteiger partial charge in [-0.15, -0.1) is 0 Å². The van der Waals surface area contributed by atoms with Crippen molar-refractivity contribution in [2.75, 3.05) is 11.4 Å². The molecule has 0 spiro atoms. The van der Waals surface area contributed by atoms with E-state index in [9.17, 15) is 9.18 Å². The molecule has 2 N–H and O–H groups in total. The van der Waals surface area contributed by atoms with E-state index in [1.165, 1.54) is 17.0 Å². The van der Waals surface area contributed by atoms with Gasteiger partial charge in [-0.05, 0) is 18.2 Å². The predicted molar refractivity (Wildman–Crippen MR) is 51.3 cm³/mol. The Kier molecular flexibility index (Phi) is 2.21. The quantitative estimate of drug-likeness (QED) is 0.721. The summed E-state index contributed by atoms with van der Waals surface area (Å²) < 4.78 is 12.9. The van der Waals surface area contributed by atoms with Crippen LogP contribution in [0.5, 0.6) is 0 Å². The largest absolute Gasteiger partial charge is 0.326 e. The number of benzene rings is 1. The van der Waals surface area contributed by atoms with Crippen LogP contribution in [0.25, 0.3) is 0 Å². The minimum atomic E-state index is -0.337. The van der Waals surface area contributed by atoms with E-state index in [1.807, 2.05) is 0 Å². The van der Waals surface area contributed by atoms with Crippen molar-refractivity contribution in [2.24, 2.45) is 5.73 Å². The van der Waals surface area contributed by atoms with Crippen LogP contribution in [0.3, 0.4) is 0 Å². The summed E-state index contributed by atoms with van der Waals surface area (Å²) in [7, 11) is 0. The zero-order chi connectivity index (χ0) is 10.1. The van der Waals surface area contributed by atoms with Crippen LogP contribution in [0.1, 0.15) is 6.42 Å². The second-order valence-electron chi connectivity index (χ2n) is 3.45. The lowest BCUT2D eigenvalue weighted by Gasteiger charge is -2.15. The highest BCUT2D eigenvalue weighted by molar-refractivity contribution is 5.96. The first-order chi connectivity index (χ1) is 6.66. The topological polar surface area (TPSA) is 46.3 Å². The number of hydrogen-bond acceptors (Lipinski definition) is 2. The molecule has 0 aliphatic carbocycles. The first kappa shape index (κ1) is 9.15. The highest BCUT2D eigenvalue weighted by Crippen LogP contribution is 2.21. The van der Waals surface area contributed by atoms with Crippen LogP contribution in [-0.4, -0.2) is 18.5 Å². The number of carbonyl (C=O) groups is 1. The summed E-state index contributed by atoms with van der Waals surface area (Å²) in [5.41, 5.74) is 6.22. The van der Waals surface area contributed by atoms with Crippen LogP contribution in [0.2, 0.25) is 0 Å². The molecular weight excluding hydrogens is 183 g/mol. The lowest BCUT2D eigenvalue weighted by atomic mass is 10.3. The van der Waals surface area contributed by atoms with Crippen LogP contribution in [0.15, 0.2) is 24.3 Å². The fourth-order valence-electron chi connectivity index (χ4n) is 1.63. The molecule has 1 aliphatic heterocycles. The first-order valence-electron chi connectivity index (χ1n) is 4.48. The van der Waals surface area contributed by atoms with Crippen LogP contribution in [0, 0.1) is 5.82 Å². The van der Waals surface area contributed by atoms with Crippen molar-refractivity contribution in [1.82, 2.24) is 0 Å². The van der Waals surface area contributed by atoms with Gasteiger partial charge in [-0.1, -0.05) is 6.07 Å². The number of hydrogen-bond donors (Lipinski definition) is 1. The molecule has 0 radical (unpaired) electrons. The summed E-state index contributed by atoms with van der Waals surface area (Å²) in [5.74, 6) is -0.376. The maximum atomic E-state index is 12.9. The summed E-state index contributed by atoms with van der Waals surface area (Å²) in [5, 5.41) is 0. The number of halogens is 1. The Morgan fingerprint density at radius 1 is 1.50 bits per heavy atom. The van der Waals surface area contributed by atoms with E-state index in [4.69, 9.17) is 5.73 Å². The number of rotatable bonds is 1. The van der Waals surface area contributed by atoms with Gasteiger partial charge in [0.25, 0.3) is 0 Å². The summed E-state index contributed by atoms with van der Waals surface area (Å²) in [6.07, 6.45) is 0.344. The van der Waals surface area contributed by atoms with Crippen molar-refractivity contribution < 1.29 is 9.18 Å². The van der Waals surface area contributed by atoms with Crippen molar-refractivity contribution in [3.8, 4) is 0 Å². The van der Waals surface area contributed by atoms with Crippen molar-refractivity contribution in [3.05, 3.63) is 30.1 Å². The molecule has 0 bridgehead atoms. The van der Waals surface area contributed by atoms with E-state index in [1.54, 1.807) is 12.1 Å². The van der Waals surface area contributed by atoms with Crippen LogP contribution < -0.4 is 10.6 Å². The Hall–Kier alpha value is -1.42. The normalized spacial score (nSPS) is 21.7. The molecule has 0 unspecified atom stereocenters. The summed E-state index contributed by atoms with van der Waals surface area (Å²) in [4.78, 5) is 12.9. The molecule has 1 saturated heterocycles. The van der Waals surface area contributed by atoms with Gasteiger partial charge >= 0.3 is 0 Å². The molecule has 1 heterocycles. The molecule has 1 fully saturated rings. The maximum absolute atomic E-state index is 12.9. The highest BCUT2D eigenvalue weighted by Gasteiger charge is 2.27. The number of carbonyl (C=O) groups excluding carboxylic acids is 1. The molecule has 1 aromatic carbocycles. The molecule has 1 amide bonds. The Labute approximate surface area is 81.3 Å². The van der Waals surface area contributed by atoms with Crippen molar-refractivity contribution in [1.29, 1.82) is 0 Å². The van der Waals surface area contributed by atoms with Crippen molar-refractivity contribution in [3.63, 3.8) is 0 Å². The predicted octanol–water partition coefficient (Wildman–Crippen LogP) is 0.890. The van der Waals surface area contributed by atoms with E-state index < -0.39 is 0 Å². The molecule has 2 rings (SSSR count). The number of nitrogens with zero attached hydrogens (tertiary/aromatic N) is 1. The Bertz CT molecular complexity index is 367. The van der Waals surface area contributed by atoms with Crippen LogP contribution in [-0.2, 0) is 4.79 Å². The summed E-state index contributed by atoms with van der Waals surface area (Å²) in [6, 6.07) is 5.85. The van der Waals surface area contributed by atoms with E-state index in [0.717, 1.165) is 0 Å². The lowest BCUT2D eigenvalue weighted by molar-refractivity contribution is -0.117. The molecule has 1 aliphatic rings. The van der Waals surface area contributed by atoms with Crippen molar-refractivity contribution in [2.45, 2.75) is 12.5 Å². The zero-order valence-corrected chi connectivity index (χ0v) is 7.61. The first-order valence-corrected chi connectivity index (χ1v) is 4.48. The molecule has 1 atom stereocenters. The molecule has 0 saturated carbocycles. The van der Waals surface area contributed by atoms with Gasteiger partial charge in [0.05, 0.1) is 0 Å². The van der Waals surface area contributed by atoms with Gasteiger partial charge in [-0.3, -0.25) is 4.79 Å². The highest BCUT2D eigenvalue weighted by atomic mass is 19.1. The number of anilines is 1. The molecule has 4 heteroatoms. The smallest absolute Gasteiger partial charge is 0.228 e. The zero-order valence-electron chi connectivity index (χ0n) is 7.61. The summed E-state index contributed by atoms with van der Waals surface area (Å²) in [6.45, 7) is 0.474. The molecule has 0 aromatic heterocycles. The van der Waals surface area contributed by atoms with Gasteiger partial charge in [-0.25, -0.2) is 4.39 Å². The average molecular weight is 194 g/mol. The molecule has 1 aromatic rings. The minimum Gasteiger partial charge on any atom is -0.326 e. The third kappa shape index (κ3) is 1.61. The Balaban J connectivity index is 2.27. The average Bonchev–Trinajstić information content (AvgIpc) is 2.45. The van der Waals surface area contributed by atoms with E-state index in [-0.39, 0.29) is 17.8 Å². The van der Waals surface area contributed by atoms with Gasteiger partial charge < -0.3 is 10.6 Å². The van der Waals surface area contributed by atoms with Crippen LogP contribution >= 0.6 is 0 Å². The number of nitrogens with two attached hydrogens (primary N) is 1. The third-order valence-electron chi connectivity index (χ3n) is 2.27. The Morgan fingerprint density at radius 3 is 2.86 bits per heavy atom. The van der Waals surface area contributed by atoms with Crippen LogP contribution in [0.4, 0.5) is 10.1 Å². The molecule has 74 valence electrons. The fraction of sp³-hybridized carbons (Fsp3) is 0.300. The Morgan fingerprint density at radius 2 is 2.29 bits per heavy atom. The lowest BCUT2D eigenvalue weighted by Crippen LogP contribution is -2.27. The molecule has 14 heavy (non-hydrogen) atoms. The van der Waals surface area contributed by atoms with E-state index in [2.05, 4.69) is 0 Å². The van der Waals surface area contributed by atoms with E-state index >= 15 is 0 Å². The third-order valence-corrected chi connectivity index (χ3v) is 2.27. The van der Waals surface area contributed by atoms with E-state index in [0.29, 0.717) is 18.7 Å². The SMILES string of the molecule is N[C@H]1CC(=O)N(c2cccc(F)c2)C1. The number of amides is 1. The van der Waals surface area contributed by atoms with Gasteiger partial charge in [-0.2, -0.15) is 0 Å². The second kappa shape index (κ2) is 3.38. The standard InChI is InChI=1S/C10H11FN2O/c11-7-2-1-3-9(4-7)13-6-8(12)5-10(13)14/h1-4,8H,5-6,12H2/t8-/m0/s1. The monoisotopic (exact) mass is 194 g/mol.